The molecule has 0 aliphatic heterocycles. The highest BCUT2D eigenvalue weighted by atomic mass is 79.9. The van der Waals surface area contributed by atoms with E-state index in [4.69, 9.17) is 4.42 Å². The molecule has 0 amide bonds. The summed E-state index contributed by atoms with van der Waals surface area (Å²) in [6.07, 6.45) is 0. The van der Waals surface area contributed by atoms with Crippen LogP contribution in [0.4, 0.5) is 0 Å². The van der Waals surface area contributed by atoms with E-state index in [0.29, 0.717) is 21.5 Å². The van der Waals surface area contributed by atoms with Crippen molar-refractivity contribution in [2.24, 2.45) is 0 Å². The van der Waals surface area contributed by atoms with Gasteiger partial charge < -0.3 is 9.52 Å². The Balaban J connectivity index is 2.21. The van der Waals surface area contributed by atoms with Crippen LogP contribution in [0.5, 0.6) is 5.75 Å². The summed E-state index contributed by atoms with van der Waals surface area (Å²) in [6, 6.07) is 12.9. The minimum absolute atomic E-state index is 0.158. The second-order valence-corrected chi connectivity index (χ2v) is 4.51. The van der Waals surface area contributed by atoms with Crippen LogP contribution in [0.2, 0.25) is 0 Å². The Morgan fingerprint density at radius 2 is 1.88 bits per heavy atom. The van der Waals surface area contributed by atoms with Crippen LogP contribution in [0, 0.1) is 0 Å². The van der Waals surface area contributed by atoms with Gasteiger partial charge in [0.1, 0.15) is 11.3 Å². The lowest BCUT2D eigenvalue weighted by Gasteiger charge is -1.93. The maximum Gasteiger partial charge on any atom is 0.227 e. The maximum atomic E-state index is 9.57. The Morgan fingerprint density at radius 1 is 1.12 bits per heavy atom. The van der Waals surface area contributed by atoms with Gasteiger partial charge in [-0.15, -0.1) is 0 Å². The second-order valence-electron chi connectivity index (χ2n) is 3.66. The highest BCUT2D eigenvalue weighted by molar-refractivity contribution is 9.10. The Bertz CT molecular complexity index is 637. The Hall–Kier alpha value is -1.81. The molecule has 3 aromatic rings. The number of halogens is 1. The fraction of sp³-hybridized carbons (Fsp3) is 0. The third-order valence-corrected chi connectivity index (χ3v) is 3.11. The van der Waals surface area contributed by atoms with E-state index in [2.05, 4.69) is 20.9 Å². The standard InChI is InChI=1S/C13H8BrNO2/c14-9-6-12-10(7-11(9)16)15-13(17-12)8-4-2-1-3-5-8/h1-7,16H. The molecule has 0 spiro atoms. The van der Waals surface area contributed by atoms with Gasteiger partial charge in [-0.1, -0.05) is 18.2 Å². The molecule has 0 unspecified atom stereocenters. The number of hydrogen-bond donors (Lipinski definition) is 1. The van der Waals surface area contributed by atoms with Crippen molar-refractivity contribution in [2.45, 2.75) is 0 Å². The van der Waals surface area contributed by atoms with Gasteiger partial charge in [-0.25, -0.2) is 4.98 Å². The molecule has 3 rings (SSSR count). The lowest BCUT2D eigenvalue weighted by molar-refractivity contribution is 0.472. The molecule has 0 aliphatic rings. The van der Waals surface area contributed by atoms with E-state index in [0.717, 1.165) is 5.56 Å². The van der Waals surface area contributed by atoms with Crippen LogP contribution in [0.15, 0.2) is 51.4 Å². The van der Waals surface area contributed by atoms with Gasteiger partial charge in [-0.05, 0) is 28.1 Å². The number of aromatic hydroxyl groups is 1. The number of rotatable bonds is 1. The van der Waals surface area contributed by atoms with Crippen LogP contribution in [-0.2, 0) is 0 Å². The van der Waals surface area contributed by atoms with Crippen molar-refractivity contribution in [1.29, 1.82) is 0 Å². The molecule has 1 N–H and O–H groups in total. The van der Waals surface area contributed by atoms with Gasteiger partial charge in [0.25, 0.3) is 0 Å². The van der Waals surface area contributed by atoms with Crippen molar-refractivity contribution < 1.29 is 9.52 Å². The lowest BCUT2D eigenvalue weighted by Crippen LogP contribution is -1.74. The van der Waals surface area contributed by atoms with Crippen molar-refractivity contribution in [2.75, 3.05) is 0 Å². The molecule has 84 valence electrons. The first kappa shape index (κ1) is 10.4. The largest absolute Gasteiger partial charge is 0.507 e. The zero-order chi connectivity index (χ0) is 11.8. The van der Waals surface area contributed by atoms with Gasteiger partial charge in [-0.3, -0.25) is 0 Å². The normalized spacial score (nSPS) is 10.9. The molecule has 0 atom stereocenters. The van der Waals surface area contributed by atoms with Crippen LogP contribution >= 0.6 is 15.9 Å². The van der Waals surface area contributed by atoms with Crippen LogP contribution in [0.25, 0.3) is 22.6 Å². The lowest BCUT2D eigenvalue weighted by atomic mass is 10.2. The van der Waals surface area contributed by atoms with Crippen LogP contribution in [-0.4, -0.2) is 10.1 Å². The van der Waals surface area contributed by atoms with E-state index in [-0.39, 0.29) is 5.75 Å². The quantitative estimate of drug-likeness (QED) is 0.737. The first-order valence-electron chi connectivity index (χ1n) is 5.08. The molecule has 4 heteroatoms. The van der Waals surface area contributed by atoms with Crippen molar-refractivity contribution in [3.05, 3.63) is 46.9 Å². The number of hydrogen-bond acceptors (Lipinski definition) is 3. The van der Waals surface area contributed by atoms with Crippen molar-refractivity contribution in [1.82, 2.24) is 4.98 Å². The Labute approximate surface area is 106 Å². The van der Waals surface area contributed by atoms with E-state index < -0.39 is 0 Å². The highest BCUT2D eigenvalue weighted by Crippen LogP contribution is 2.31. The molecule has 0 radical (unpaired) electrons. The molecular weight excluding hydrogens is 282 g/mol. The molecule has 0 aliphatic carbocycles. The SMILES string of the molecule is Oc1cc2nc(-c3ccccc3)oc2cc1Br. The van der Waals surface area contributed by atoms with Crippen LogP contribution in [0.3, 0.4) is 0 Å². The first-order chi connectivity index (χ1) is 8.24. The fourth-order valence-corrected chi connectivity index (χ4v) is 1.96. The average molecular weight is 290 g/mol. The van der Waals surface area contributed by atoms with Crippen molar-refractivity contribution in [3.8, 4) is 17.2 Å². The molecular formula is C13H8BrNO2. The molecule has 3 nitrogen and oxygen atoms in total. The summed E-state index contributed by atoms with van der Waals surface area (Å²) in [5.41, 5.74) is 2.21. The summed E-state index contributed by atoms with van der Waals surface area (Å²) in [7, 11) is 0. The summed E-state index contributed by atoms with van der Waals surface area (Å²) >= 11 is 3.24. The average Bonchev–Trinajstić information content (AvgIpc) is 2.74. The number of phenols is 1. The fourth-order valence-electron chi connectivity index (χ4n) is 1.64. The van der Waals surface area contributed by atoms with E-state index in [1.807, 2.05) is 30.3 Å². The molecule has 2 aromatic carbocycles. The predicted octanol–water partition coefficient (Wildman–Crippen LogP) is 3.96. The smallest absolute Gasteiger partial charge is 0.227 e. The third-order valence-electron chi connectivity index (χ3n) is 2.48. The van der Waals surface area contributed by atoms with Gasteiger partial charge >= 0.3 is 0 Å². The molecule has 17 heavy (non-hydrogen) atoms. The zero-order valence-corrected chi connectivity index (χ0v) is 10.3. The minimum Gasteiger partial charge on any atom is -0.507 e. The number of phenolic OH excluding ortho intramolecular Hbond substituents is 1. The topological polar surface area (TPSA) is 46.3 Å². The summed E-state index contributed by atoms with van der Waals surface area (Å²) in [6.45, 7) is 0. The van der Waals surface area contributed by atoms with Gasteiger partial charge in [0.05, 0.1) is 4.47 Å². The number of fused-ring (bicyclic) bond motifs is 1. The van der Waals surface area contributed by atoms with Gasteiger partial charge in [-0.2, -0.15) is 0 Å². The van der Waals surface area contributed by atoms with Crippen molar-refractivity contribution in [3.63, 3.8) is 0 Å². The molecule has 1 heterocycles. The predicted molar refractivity (Wildman–Crippen MR) is 68.8 cm³/mol. The number of benzene rings is 2. The van der Waals surface area contributed by atoms with Crippen molar-refractivity contribution >= 4 is 27.0 Å². The summed E-state index contributed by atoms with van der Waals surface area (Å²) in [5, 5.41) is 9.57. The summed E-state index contributed by atoms with van der Waals surface area (Å²) in [4.78, 5) is 4.34. The molecule has 0 fully saturated rings. The summed E-state index contributed by atoms with van der Waals surface area (Å²) < 4.78 is 6.24. The number of aromatic nitrogens is 1. The zero-order valence-electron chi connectivity index (χ0n) is 8.72. The van der Waals surface area contributed by atoms with Crippen LogP contribution in [0.1, 0.15) is 0 Å². The molecule has 0 saturated heterocycles. The second kappa shape index (κ2) is 3.89. The molecule has 0 saturated carbocycles. The van der Waals surface area contributed by atoms with E-state index in [1.54, 1.807) is 12.1 Å². The molecule has 0 bridgehead atoms. The number of oxazole rings is 1. The van der Waals surface area contributed by atoms with Gasteiger partial charge in [0, 0.05) is 17.7 Å². The van der Waals surface area contributed by atoms with Gasteiger partial charge in [0.2, 0.25) is 5.89 Å². The molecule has 1 aromatic heterocycles. The Kier molecular flexibility index (Phi) is 2.37. The van der Waals surface area contributed by atoms with E-state index in [9.17, 15) is 5.11 Å². The number of nitrogens with zero attached hydrogens (tertiary/aromatic N) is 1. The Morgan fingerprint density at radius 3 is 2.65 bits per heavy atom. The first-order valence-corrected chi connectivity index (χ1v) is 5.88. The minimum atomic E-state index is 0.158. The maximum absolute atomic E-state index is 9.57. The van der Waals surface area contributed by atoms with Gasteiger partial charge in [0.15, 0.2) is 5.58 Å². The summed E-state index contributed by atoms with van der Waals surface area (Å²) in [5.74, 6) is 0.712. The van der Waals surface area contributed by atoms with Crippen LogP contribution < -0.4 is 0 Å². The third kappa shape index (κ3) is 1.80. The van der Waals surface area contributed by atoms with E-state index in [1.165, 1.54) is 0 Å². The van der Waals surface area contributed by atoms with E-state index >= 15 is 0 Å². The highest BCUT2D eigenvalue weighted by Gasteiger charge is 2.10. The monoisotopic (exact) mass is 289 g/mol.